The first-order valence-electron chi connectivity index (χ1n) is 5.24. The Kier molecular flexibility index (Phi) is 7.69. The van der Waals surface area contributed by atoms with Gasteiger partial charge in [-0.15, -0.1) is 0 Å². The number of amides is 1. The molecule has 3 heteroatoms. The Hall–Kier alpha value is -0.570. The van der Waals surface area contributed by atoms with E-state index in [-0.39, 0.29) is 5.91 Å². The molecule has 0 bridgehead atoms. The fourth-order valence-corrected chi connectivity index (χ4v) is 1.24. The van der Waals surface area contributed by atoms with Gasteiger partial charge in [0, 0.05) is 6.04 Å². The van der Waals surface area contributed by atoms with Crippen LogP contribution in [0.4, 0.5) is 0 Å². The fourth-order valence-electron chi connectivity index (χ4n) is 1.24. The first-order chi connectivity index (χ1) is 6.24. The van der Waals surface area contributed by atoms with Gasteiger partial charge in [0.2, 0.25) is 5.91 Å². The highest BCUT2D eigenvalue weighted by Crippen LogP contribution is 1.99. The topological polar surface area (TPSA) is 41.1 Å². The quantitative estimate of drug-likeness (QED) is 0.629. The van der Waals surface area contributed by atoms with Crippen LogP contribution in [0.3, 0.4) is 0 Å². The molecule has 1 atom stereocenters. The van der Waals surface area contributed by atoms with Crippen molar-refractivity contribution in [3.63, 3.8) is 0 Å². The third-order valence-electron chi connectivity index (χ3n) is 2.03. The van der Waals surface area contributed by atoms with E-state index in [0.29, 0.717) is 12.6 Å². The summed E-state index contributed by atoms with van der Waals surface area (Å²) >= 11 is 0. The summed E-state index contributed by atoms with van der Waals surface area (Å²) < 4.78 is 0. The largest absolute Gasteiger partial charge is 0.352 e. The molecule has 0 radical (unpaired) electrons. The number of hydrogen-bond acceptors (Lipinski definition) is 2. The molecule has 1 amide bonds. The van der Waals surface area contributed by atoms with Gasteiger partial charge in [0.05, 0.1) is 6.54 Å². The van der Waals surface area contributed by atoms with Crippen LogP contribution in [0.25, 0.3) is 0 Å². The van der Waals surface area contributed by atoms with Crippen LogP contribution >= 0.6 is 0 Å². The predicted molar refractivity (Wildman–Crippen MR) is 55.7 cm³/mol. The summed E-state index contributed by atoms with van der Waals surface area (Å²) in [5.41, 5.74) is 0. The second-order valence-electron chi connectivity index (χ2n) is 3.24. The van der Waals surface area contributed by atoms with Crippen LogP contribution in [0.2, 0.25) is 0 Å². The smallest absolute Gasteiger partial charge is 0.234 e. The van der Waals surface area contributed by atoms with Crippen LogP contribution in [0.5, 0.6) is 0 Å². The van der Waals surface area contributed by atoms with Gasteiger partial charge in [0.25, 0.3) is 0 Å². The highest BCUT2D eigenvalue weighted by Gasteiger charge is 2.07. The lowest BCUT2D eigenvalue weighted by molar-refractivity contribution is -0.121. The lowest BCUT2D eigenvalue weighted by Crippen LogP contribution is -2.40. The van der Waals surface area contributed by atoms with Crippen molar-refractivity contribution in [2.24, 2.45) is 0 Å². The summed E-state index contributed by atoms with van der Waals surface area (Å²) in [6.07, 6.45) is 3.22. The molecule has 13 heavy (non-hydrogen) atoms. The number of carbonyl (C=O) groups excluding carboxylic acids is 1. The Labute approximate surface area is 81.3 Å². The summed E-state index contributed by atoms with van der Waals surface area (Å²) in [5, 5.41) is 6.01. The summed E-state index contributed by atoms with van der Waals surface area (Å²) in [5.74, 6) is 0.113. The van der Waals surface area contributed by atoms with Gasteiger partial charge in [-0.05, 0) is 19.4 Å². The SMILES string of the molecule is CCCC(CC)NC(=O)CNCC. The molecular formula is C10H22N2O. The zero-order valence-electron chi connectivity index (χ0n) is 9.02. The van der Waals surface area contributed by atoms with E-state index in [0.717, 1.165) is 25.8 Å². The summed E-state index contributed by atoms with van der Waals surface area (Å²) in [4.78, 5) is 11.3. The van der Waals surface area contributed by atoms with Gasteiger partial charge in [-0.1, -0.05) is 27.2 Å². The number of likely N-dealkylation sites (N-methyl/N-ethyl adjacent to an activating group) is 1. The molecule has 3 nitrogen and oxygen atoms in total. The molecule has 0 aliphatic carbocycles. The van der Waals surface area contributed by atoms with Crippen molar-refractivity contribution in [3.05, 3.63) is 0 Å². The van der Waals surface area contributed by atoms with Gasteiger partial charge >= 0.3 is 0 Å². The molecule has 0 saturated heterocycles. The molecule has 0 heterocycles. The standard InChI is InChI=1S/C10H22N2O/c1-4-7-9(5-2)12-10(13)8-11-6-3/h9,11H,4-8H2,1-3H3,(H,12,13). The molecule has 0 saturated carbocycles. The average molecular weight is 186 g/mol. The van der Waals surface area contributed by atoms with E-state index < -0.39 is 0 Å². The van der Waals surface area contributed by atoms with Gasteiger partial charge in [-0.25, -0.2) is 0 Å². The van der Waals surface area contributed by atoms with E-state index in [1.54, 1.807) is 0 Å². The second kappa shape index (κ2) is 8.05. The number of hydrogen-bond donors (Lipinski definition) is 2. The predicted octanol–water partition coefficient (Wildman–Crippen LogP) is 1.29. The van der Waals surface area contributed by atoms with Crippen LogP contribution in [0.15, 0.2) is 0 Å². The normalized spacial score (nSPS) is 12.5. The van der Waals surface area contributed by atoms with Crippen LogP contribution in [0, 0.1) is 0 Å². The van der Waals surface area contributed by atoms with Crippen molar-refractivity contribution in [3.8, 4) is 0 Å². The molecule has 0 aliphatic heterocycles. The molecule has 0 fully saturated rings. The maximum absolute atomic E-state index is 11.3. The molecule has 0 aromatic rings. The van der Waals surface area contributed by atoms with E-state index in [1.807, 2.05) is 6.92 Å². The van der Waals surface area contributed by atoms with Crippen molar-refractivity contribution in [1.29, 1.82) is 0 Å². The lowest BCUT2D eigenvalue weighted by Gasteiger charge is -2.15. The first-order valence-corrected chi connectivity index (χ1v) is 5.24. The third kappa shape index (κ3) is 6.58. The minimum absolute atomic E-state index is 0.113. The zero-order chi connectivity index (χ0) is 10.1. The summed E-state index contributed by atoms with van der Waals surface area (Å²) in [6.45, 7) is 7.53. The van der Waals surface area contributed by atoms with Crippen LogP contribution < -0.4 is 10.6 Å². The van der Waals surface area contributed by atoms with Crippen LogP contribution in [-0.4, -0.2) is 25.0 Å². The Morgan fingerprint density at radius 2 is 2.00 bits per heavy atom. The summed E-state index contributed by atoms with van der Waals surface area (Å²) in [7, 11) is 0. The number of nitrogens with one attached hydrogen (secondary N) is 2. The molecule has 1 unspecified atom stereocenters. The van der Waals surface area contributed by atoms with E-state index in [9.17, 15) is 4.79 Å². The van der Waals surface area contributed by atoms with Gasteiger partial charge in [0.1, 0.15) is 0 Å². The van der Waals surface area contributed by atoms with Crippen molar-refractivity contribution in [1.82, 2.24) is 10.6 Å². The molecule has 0 aromatic carbocycles. The van der Waals surface area contributed by atoms with Crippen molar-refractivity contribution in [2.45, 2.75) is 46.1 Å². The minimum Gasteiger partial charge on any atom is -0.352 e. The van der Waals surface area contributed by atoms with E-state index in [2.05, 4.69) is 24.5 Å². The van der Waals surface area contributed by atoms with Gasteiger partial charge in [0.15, 0.2) is 0 Å². The number of rotatable bonds is 7. The molecule has 0 aromatic heterocycles. The van der Waals surface area contributed by atoms with Crippen molar-refractivity contribution in [2.75, 3.05) is 13.1 Å². The number of carbonyl (C=O) groups is 1. The molecule has 2 N–H and O–H groups in total. The Balaban J connectivity index is 3.60. The van der Waals surface area contributed by atoms with E-state index >= 15 is 0 Å². The lowest BCUT2D eigenvalue weighted by atomic mass is 10.1. The average Bonchev–Trinajstić information content (AvgIpc) is 2.14. The third-order valence-corrected chi connectivity index (χ3v) is 2.03. The fraction of sp³-hybridized carbons (Fsp3) is 0.900. The molecule has 0 spiro atoms. The molecule has 0 aliphatic rings. The zero-order valence-corrected chi connectivity index (χ0v) is 9.02. The van der Waals surface area contributed by atoms with Crippen LogP contribution in [-0.2, 0) is 4.79 Å². The molecular weight excluding hydrogens is 164 g/mol. The Morgan fingerprint density at radius 3 is 2.46 bits per heavy atom. The van der Waals surface area contributed by atoms with Crippen LogP contribution in [0.1, 0.15) is 40.0 Å². The van der Waals surface area contributed by atoms with Crippen molar-refractivity contribution < 1.29 is 4.79 Å². The Bertz CT molecular complexity index is 137. The Morgan fingerprint density at radius 1 is 1.31 bits per heavy atom. The van der Waals surface area contributed by atoms with E-state index in [1.165, 1.54) is 0 Å². The second-order valence-corrected chi connectivity index (χ2v) is 3.24. The highest BCUT2D eigenvalue weighted by molar-refractivity contribution is 5.78. The highest BCUT2D eigenvalue weighted by atomic mass is 16.1. The van der Waals surface area contributed by atoms with Crippen molar-refractivity contribution >= 4 is 5.91 Å². The maximum atomic E-state index is 11.3. The minimum atomic E-state index is 0.113. The van der Waals surface area contributed by atoms with Gasteiger partial charge in [-0.3, -0.25) is 4.79 Å². The first kappa shape index (κ1) is 12.4. The van der Waals surface area contributed by atoms with E-state index in [4.69, 9.17) is 0 Å². The summed E-state index contributed by atoms with van der Waals surface area (Å²) in [6, 6.07) is 0.358. The maximum Gasteiger partial charge on any atom is 0.234 e. The monoisotopic (exact) mass is 186 g/mol. The van der Waals surface area contributed by atoms with Gasteiger partial charge in [-0.2, -0.15) is 0 Å². The molecule has 0 rings (SSSR count). The molecule has 78 valence electrons. The van der Waals surface area contributed by atoms with Gasteiger partial charge < -0.3 is 10.6 Å².